The molecule has 2 aliphatic rings. The van der Waals surface area contributed by atoms with Crippen LogP contribution in [0.2, 0.25) is 0 Å². The van der Waals surface area contributed by atoms with Crippen LogP contribution >= 0.6 is 0 Å². The smallest absolute Gasteiger partial charge is 0.319 e. The summed E-state index contributed by atoms with van der Waals surface area (Å²) >= 11 is 0. The van der Waals surface area contributed by atoms with Crippen LogP contribution in [0.1, 0.15) is 25.7 Å². The van der Waals surface area contributed by atoms with E-state index in [-0.39, 0.29) is 12.1 Å². The summed E-state index contributed by atoms with van der Waals surface area (Å²) in [5.74, 6) is 0.449. The lowest BCUT2D eigenvalue weighted by molar-refractivity contribution is 0.0553. The van der Waals surface area contributed by atoms with Gasteiger partial charge >= 0.3 is 6.03 Å². The van der Waals surface area contributed by atoms with Crippen molar-refractivity contribution in [3.05, 3.63) is 24.3 Å². The third-order valence-corrected chi connectivity index (χ3v) is 5.48. The average molecular weight is 322 g/mol. The number of ether oxygens (including phenoxy) is 1. The number of rotatable bonds is 3. The summed E-state index contributed by atoms with van der Waals surface area (Å²) in [6, 6.07) is 7.11. The molecule has 22 heavy (non-hydrogen) atoms. The average Bonchev–Trinajstić information content (AvgIpc) is 2.97. The Kier molecular flexibility index (Phi) is 4.78. The largest absolute Gasteiger partial charge is 0.378 e. The summed E-state index contributed by atoms with van der Waals surface area (Å²) in [4.78, 5) is 12.9. The third kappa shape index (κ3) is 3.50. The van der Waals surface area contributed by atoms with E-state index in [1.807, 2.05) is 0 Å². The van der Waals surface area contributed by atoms with Crippen molar-refractivity contribution < 1.29 is 13.7 Å². The van der Waals surface area contributed by atoms with E-state index >= 15 is 0 Å². The van der Waals surface area contributed by atoms with Crippen LogP contribution in [0.3, 0.4) is 0 Å². The van der Waals surface area contributed by atoms with E-state index in [4.69, 9.17) is 4.74 Å². The molecule has 0 aromatic heterocycles. The summed E-state index contributed by atoms with van der Waals surface area (Å²) in [6.07, 6.45) is 6.22. The molecular weight excluding hydrogens is 300 g/mol. The van der Waals surface area contributed by atoms with Gasteiger partial charge < -0.3 is 15.4 Å². The van der Waals surface area contributed by atoms with Gasteiger partial charge in [0.05, 0.1) is 6.10 Å². The van der Waals surface area contributed by atoms with Gasteiger partial charge in [-0.05, 0) is 49.9 Å². The molecule has 1 aromatic rings. The van der Waals surface area contributed by atoms with Crippen LogP contribution < -0.4 is 10.6 Å². The molecule has 4 atom stereocenters. The predicted molar refractivity (Wildman–Crippen MR) is 86.4 cm³/mol. The highest BCUT2D eigenvalue weighted by Crippen LogP contribution is 2.34. The number of carbonyl (C=O) groups is 1. The molecule has 1 aromatic carbocycles. The van der Waals surface area contributed by atoms with Crippen molar-refractivity contribution in [2.75, 3.05) is 18.2 Å². The lowest BCUT2D eigenvalue weighted by atomic mass is 9.82. The molecule has 1 saturated heterocycles. The van der Waals surface area contributed by atoms with Crippen molar-refractivity contribution >= 4 is 22.5 Å². The number of hydrogen-bond acceptors (Lipinski definition) is 3. The molecule has 0 unspecified atom stereocenters. The maximum atomic E-state index is 12.2. The van der Waals surface area contributed by atoms with E-state index in [0.29, 0.717) is 17.7 Å². The molecule has 0 radical (unpaired) electrons. The molecule has 2 fully saturated rings. The van der Waals surface area contributed by atoms with Crippen LogP contribution in [0.5, 0.6) is 0 Å². The zero-order valence-corrected chi connectivity index (χ0v) is 13.5. The first-order valence-corrected chi connectivity index (χ1v) is 9.32. The fourth-order valence-corrected chi connectivity index (χ4v) is 3.94. The number of fused-ring (bicyclic) bond motifs is 1. The minimum atomic E-state index is -1.00. The fourth-order valence-electron chi connectivity index (χ4n) is 3.42. The second kappa shape index (κ2) is 6.79. The molecule has 1 heterocycles. The normalized spacial score (nSPS) is 28.7. The predicted octanol–water partition coefficient (Wildman–Crippen LogP) is 2.50. The van der Waals surface area contributed by atoms with Gasteiger partial charge in [-0.15, -0.1) is 0 Å². The van der Waals surface area contributed by atoms with Gasteiger partial charge in [-0.2, -0.15) is 0 Å². The maximum absolute atomic E-state index is 12.2. The standard InChI is InChI=1S/C16H22N2O3S/c1-22(20)12-7-5-11(6-8-12)17-16(19)18-14-3-2-4-15-13(14)9-10-21-15/h5-8,13-15H,2-4,9-10H2,1H3,(H2,17,18,19)/t13-,14+,15-,22-/m0/s1. The summed E-state index contributed by atoms with van der Waals surface area (Å²) in [5, 5.41) is 5.93. The number of benzene rings is 1. The van der Waals surface area contributed by atoms with Crippen LogP contribution in [0, 0.1) is 5.92 Å². The van der Waals surface area contributed by atoms with Gasteiger partial charge in [0, 0.05) is 46.2 Å². The van der Waals surface area contributed by atoms with Gasteiger partial charge in [0.25, 0.3) is 0 Å². The Balaban J connectivity index is 1.56. The molecular formula is C16H22N2O3S. The zero-order valence-electron chi connectivity index (χ0n) is 12.7. The molecule has 2 N–H and O–H groups in total. The van der Waals surface area contributed by atoms with E-state index in [1.54, 1.807) is 30.5 Å². The Morgan fingerprint density at radius 3 is 2.73 bits per heavy atom. The zero-order chi connectivity index (χ0) is 15.5. The fraction of sp³-hybridized carbons (Fsp3) is 0.562. The van der Waals surface area contributed by atoms with Crippen LogP contribution in [-0.4, -0.2) is 35.2 Å². The number of carbonyl (C=O) groups excluding carboxylic acids is 1. The highest BCUT2D eigenvalue weighted by Gasteiger charge is 2.38. The SMILES string of the molecule is C[S@](=O)c1ccc(NC(=O)N[C@@H]2CCC[C@@H]3OCC[C@H]32)cc1. The van der Waals surface area contributed by atoms with E-state index in [0.717, 1.165) is 37.2 Å². The number of anilines is 1. The summed E-state index contributed by atoms with van der Waals surface area (Å²) in [5.41, 5.74) is 0.710. The highest BCUT2D eigenvalue weighted by molar-refractivity contribution is 7.84. The van der Waals surface area contributed by atoms with Crippen LogP contribution in [-0.2, 0) is 15.5 Å². The van der Waals surface area contributed by atoms with Crippen molar-refractivity contribution in [3.63, 3.8) is 0 Å². The van der Waals surface area contributed by atoms with Gasteiger partial charge in [0.15, 0.2) is 0 Å². The monoisotopic (exact) mass is 322 g/mol. The Hall–Kier alpha value is -1.40. The van der Waals surface area contributed by atoms with Crippen molar-refractivity contribution in [1.82, 2.24) is 5.32 Å². The first kappa shape index (κ1) is 15.5. The summed E-state index contributed by atoms with van der Waals surface area (Å²) < 4.78 is 17.1. The van der Waals surface area contributed by atoms with Gasteiger partial charge in [-0.3, -0.25) is 4.21 Å². The summed E-state index contributed by atoms with van der Waals surface area (Å²) in [7, 11) is -1.00. The number of hydrogen-bond donors (Lipinski definition) is 2. The van der Waals surface area contributed by atoms with Gasteiger partial charge in [0.1, 0.15) is 0 Å². The first-order valence-electron chi connectivity index (χ1n) is 7.76. The molecule has 6 heteroatoms. The molecule has 2 amide bonds. The van der Waals surface area contributed by atoms with Crippen molar-refractivity contribution in [2.24, 2.45) is 5.92 Å². The Labute approximate surface area is 133 Å². The second-order valence-electron chi connectivity index (χ2n) is 5.98. The lowest BCUT2D eigenvalue weighted by Crippen LogP contribution is -2.47. The molecule has 3 rings (SSSR count). The van der Waals surface area contributed by atoms with Crippen molar-refractivity contribution in [2.45, 2.75) is 42.7 Å². The molecule has 120 valence electrons. The molecule has 0 spiro atoms. The highest BCUT2D eigenvalue weighted by atomic mass is 32.2. The maximum Gasteiger partial charge on any atom is 0.319 e. The van der Waals surface area contributed by atoms with Gasteiger partial charge in [0.2, 0.25) is 0 Å². The molecule has 1 saturated carbocycles. The Morgan fingerprint density at radius 1 is 1.23 bits per heavy atom. The van der Waals surface area contributed by atoms with E-state index in [2.05, 4.69) is 10.6 Å². The van der Waals surface area contributed by atoms with Crippen LogP contribution in [0.25, 0.3) is 0 Å². The van der Waals surface area contributed by atoms with E-state index in [9.17, 15) is 9.00 Å². The Bertz CT molecular complexity index is 561. The van der Waals surface area contributed by atoms with E-state index in [1.165, 1.54) is 0 Å². The Morgan fingerprint density at radius 2 is 2.00 bits per heavy atom. The lowest BCUT2D eigenvalue weighted by Gasteiger charge is -2.33. The summed E-state index contributed by atoms with van der Waals surface area (Å²) in [6.45, 7) is 0.810. The van der Waals surface area contributed by atoms with Crippen molar-refractivity contribution in [1.29, 1.82) is 0 Å². The molecule has 5 nitrogen and oxygen atoms in total. The van der Waals surface area contributed by atoms with Crippen molar-refractivity contribution in [3.8, 4) is 0 Å². The minimum Gasteiger partial charge on any atom is -0.378 e. The molecule has 1 aliphatic carbocycles. The number of nitrogens with one attached hydrogen (secondary N) is 2. The quantitative estimate of drug-likeness (QED) is 0.898. The van der Waals surface area contributed by atoms with Crippen LogP contribution in [0.4, 0.5) is 10.5 Å². The minimum absolute atomic E-state index is 0.178. The van der Waals surface area contributed by atoms with E-state index < -0.39 is 10.8 Å². The number of urea groups is 1. The first-order chi connectivity index (χ1) is 10.6. The van der Waals surface area contributed by atoms with Gasteiger partial charge in [-0.25, -0.2) is 4.79 Å². The molecule has 1 aliphatic heterocycles. The molecule has 0 bridgehead atoms. The topological polar surface area (TPSA) is 67.4 Å². The second-order valence-corrected chi connectivity index (χ2v) is 7.36. The van der Waals surface area contributed by atoms with Gasteiger partial charge in [-0.1, -0.05) is 0 Å². The van der Waals surface area contributed by atoms with Crippen LogP contribution in [0.15, 0.2) is 29.2 Å². The number of amides is 2. The third-order valence-electron chi connectivity index (χ3n) is 4.54.